The minimum Gasteiger partial charge on any atom is -0.391 e. The van der Waals surface area contributed by atoms with Crippen LogP contribution in [0.1, 0.15) is 20.3 Å². The van der Waals surface area contributed by atoms with E-state index in [2.05, 4.69) is 16.0 Å². The third-order valence-corrected chi connectivity index (χ3v) is 5.75. The smallest absolute Gasteiger partial charge is 0.322 e. The number of carbonyl (C=O) groups excluding carboxylic acids is 3. The number of rotatable bonds is 7. The van der Waals surface area contributed by atoms with Crippen molar-refractivity contribution in [1.29, 1.82) is 0 Å². The largest absolute Gasteiger partial charge is 0.391 e. The summed E-state index contributed by atoms with van der Waals surface area (Å²) in [6.45, 7) is 4.21. The van der Waals surface area contributed by atoms with Crippen molar-refractivity contribution in [2.75, 3.05) is 35.7 Å². The molecule has 0 bridgehead atoms. The molecule has 2 aromatic carbocycles. The zero-order valence-electron chi connectivity index (χ0n) is 19.4. The number of nitrogens with one attached hydrogen (secondary N) is 3. The van der Waals surface area contributed by atoms with E-state index in [1.807, 2.05) is 13.8 Å². The summed E-state index contributed by atoms with van der Waals surface area (Å²) in [7, 11) is 1.69. The van der Waals surface area contributed by atoms with Gasteiger partial charge in [0, 0.05) is 48.1 Å². The van der Waals surface area contributed by atoms with Gasteiger partial charge >= 0.3 is 6.03 Å². The number of aliphatic hydroxyl groups is 1. The van der Waals surface area contributed by atoms with Crippen molar-refractivity contribution < 1.29 is 19.5 Å². The second-order valence-corrected chi connectivity index (χ2v) is 8.96. The van der Waals surface area contributed by atoms with Gasteiger partial charge in [0.15, 0.2) is 0 Å². The molecule has 1 aliphatic heterocycles. The van der Waals surface area contributed by atoms with E-state index in [1.54, 1.807) is 55.6 Å². The van der Waals surface area contributed by atoms with E-state index < -0.39 is 24.1 Å². The van der Waals surface area contributed by atoms with E-state index in [0.29, 0.717) is 22.1 Å². The van der Waals surface area contributed by atoms with Gasteiger partial charge in [0.05, 0.1) is 12.6 Å². The number of aliphatic hydroxyl groups excluding tert-OH is 1. The molecule has 4 N–H and O–H groups in total. The summed E-state index contributed by atoms with van der Waals surface area (Å²) < 4.78 is 0. The van der Waals surface area contributed by atoms with Crippen LogP contribution in [0.25, 0.3) is 0 Å². The number of hydrogen-bond donors (Lipinski definition) is 4. The van der Waals surface area contributed by atoms with Crippen LogP contribution in [0.4, 0.5) is 21.9 Å². The number of halogens is 1. The molecule has 0 radical (unpaired) electrons. The van der Waals surface area contributed by atoms with E-state index in [1.165, 1.54) is 9.80 Å². The topological polar surface area (TPSA) is 114 Å². The summed E-state index contributed by atoms with van der Waals surface area (Å²) in [6.07, 6.45) is -0.661. The highest BCUT2D eigenvalue weighted by Crippen LogP contribution is 2.23. The Morgan fingerprint density at radius 1 is 1.06 bits per heavy atom. The Balaban J connectivity index is 1.61. The molecule has 2 aromatic rings. The number of amides is 4. The first-order valence-corrected chi connectivity index (χ1v) is 11.4. The average Bonchev–Trinajstić information content (AvgIpc) is 3.21. The van der Waals surface area contributed by atoms with Crippen LogP contribution in [0.5, 0.6) is 0 Å². The number of carbonyl (C=O) groups is 3. The Morgan fingerprint density at radius 2 is 1.65 bits per heavy atom. The summed E-state index contributed by atoms with van der Waals surface area (Å²) in [4.78, 5) is 40.8. The molecule has 1 saturated heterocycles. The normalized spacial score (nSPS) is 17.5. The molecule has 3 rings (SSSR count). The number of urea groups is 1. The predicted molar refractivity (Wildman–Crippen MR) is 133 cm³/mol. The summed E-state index contributed by atoms with van der Waals surface area (Å²) in [5.41, 5.74) is 1.75. The second-order valence-electron chi connectivity index (χ2n) is 8.52. The van der Waals surface area contributed by atoms with Gasteiger partial charge in [-0.2, -0.15) is 0 Å². The van der Waals surface area contributed by atoms with E-state index in [9.17, 15) is 19.5 Å². The number of hydrogen-bond acceptors (Lipinski definition) is 5. The average molecular weight is 488 g/mol. The van der Waals surface area contributed by atoms with Gasteiger partial charge < -0.3 is 30.9 Å². The van der Waals surface area contributed by atoms with Gasteiger partial charge in [-0.3, -0.25) is 9.59 Å². The fourth-order valence-corrected chi connectivity index (χ4v) is 3.69. The summed E-state index contributed by atoms with van der Waals surface area (Å²) in [6, 6.07) is 12.4. The Kier molecular flexibility index (Phi) is 8.49. The number of anilines is 3. The molecule has 0 spiro atoms. The fourth-order valence-electron chi connectivity index (χ4n) is 3.56. The van der Waals surface area contributed by atoms with Gasteiger partial charge in [0.25, 0.3) is 0 Å². The van der Waals surface area contributed by atoms with Crippen LogP contribution in [0, 0.1) is 0 Å². The molecule has 1 heterocycles. The molecule has 2 atom stereocenters. The van der Waals surface area contributed by atoms with E-state index in [0.717, 1.165) is 0 Å². The summed E-state index contributed by atoms with van der Waals surface area (Å²) >= 11 is 5.87. The summed E-state index contributed by atoms with van der Waals surface area (Å²) in [5, 5.41) is 19.2. The first kappa shape index (κ1) is 25.5. The van der Waals surface area contributed by atoms with E-state index >= 15 is 0 Å². The van der Waals surface area contributed by atoms with Gasteiger partial charge in [0.1, 0.15) is 6.04 Å². The maximum absolute atomic E-state index is 12.9. The third-order valence-electron chi connectivity index (χ3n) is 5.50. The Hall–Kier alpha value is -3.14. The number of nitrogens with zero attached hydrogens (tertiary/aromatic N) is 2. The van der Waals surface area contributed by atoms with E-state index in [4.69, 9.17) is 11.6 Å². The number of likely N-dealkylation sites (N-methyl/N-ethyl adjacent to an activating group) is 1. The Morgan fingerprint density at radius 3 is 2.26 bits per heavy atom. The number of likely N-dealkylation sites (tertiary alicyclic amines) is 1. The van der Waals surface area contributed by atoms with Crippen molar-refractivity contribution >= 4 is 46.5 Å². The van der Waals surface area contributed by atoms with Gasteiger partial charge in [-0.25, -0.2) is 4.79 Å². The van der Waals surface area contributed by atoms with Crippen LogP contribution in [-0.4, -0.2) is 66.2 Å². The molecule has 0 unspecified atom stereocenters. The molecule has 0 saturated carbocycles. The Labute approximate surface area is 204 Å². The summed E-state index contributed by atoms with van der Waals surface area (Å²) in [5.74, 6) is -0.478. The van der Waals surface area contributed by atoms with Crippen LogP contribution in [0.3, 0.4) is 0 Å². The maximum Gasteiger partial charge on any atom is 0.322 e. The van der Waals surface area contributed by atoms with Gasteiger partial charge in [-0.05, 0) is 48.5 Å². The van der Waals surface area contributed by atoms with Gasteiger partial charge in [-0.15, -0.1) is 0 Å². The van der Waals surface area contributed by atoms with Crippen molar-refractivity contribution in [2.24, 2.45) is 0 Å². The zero-order valence-corrected chi connectivity index (χ0v) is 20.2. The van der Waals surface area contributed by atoms with Crippen molar-refractivity contribution in [3.63, 3.8) is 0 Å². The monoisotopic (exact) mass is 487 g/mol. The van der Waals surface area contributed by atoms with Crippen LogP contribution >= 0.6 is 11.6 Å². The highest BCUT2D eigenvalue weighted by molar-refractivity contribution is 6.30. The fraction of sp³-hybridized carbons (Fsp3) is 0.375. The molecule has 10 heteroatoms. The lowest BCUT2D eigenvalue weighted by Crippen LogP contribution is -2.45. The third kappa shape index (κ3) is 6.69. The SMILES string of the molecule is CC(C)NCC(=O)N(C)c1ccc(NC(=O)[C@H]2C[C@@H](O)CN2C(=O)Nc2ccc(Cl)cc2)cc1. The van der Waals surface area contributed by atoms with Crippen LogP contribution in [-0.2, 0) is 9.59 Å². The van der Waals surface area contributed by atoms with Gasteiger partial charge in [0.2, 0.25) is 11.8 Å². The zero-order chi connectivity index (χ0) is 24.8. The van der Waals surface area contributed by atoms with Gasteiger partial charge in [-0.1, -0.05) is 25.4 Å². The first-order valence-electron chi connectivity index (χ1n) is 11.1. The molecule has 34 heavy (non-hydrogen) atoms. The van der Waals surface area contributed by atoms with Crippen LogP contribution < -0.4 is 20.9 Å². The lowest BCUT2D eigenvalue weighted by molar-refractivity contribution is -0.119. The van der Waals surface area contributed by atoms with Crippen molar-refractivity contribution in [1.82, 2.24) is 10.2 Å². The molecular weight excluding hydrogens is 458 g/mol. The lowest BCUT2D eigenvalue weighted by Gasteiger charge is -2.24. The molecular formula is C24H30ClN5O4. The second kappa shape index (κ2) is 11.3. The predicted octanol–water partition coefficient (Wildman–Crippen LogP) is 2.91. The number of β-amino-alcohol motifs (C(OH)–C–C–N with tert-alkyl or cyclic N) is 1. The first-order chi connectivity index (χ1) is 16.1. The quantitative estimate of drug-likeness (QED) is 0.479. The van der Waals surface area contributed by atoms with Crippen molar-refractivity contribution in [2.45, 2.75) is 38.5 Å². The highest BCUT2D eigenvalue weighted by atomic mass is 35.5. The van der Waals surface area contributed by atoms with Crippen LogP contribution in [0.15, 0.2) is 48.5 Å². The van der Waals surface area contributed by atoms with Crippen molar-refractivity contribution in [3.05, 3.63) is 53.6 Å². The minimum absolute atomic E-state index is 0.0494. The molecule has 182 valence electrons. The Bertz CT molecular complexity index is 1010. The lowest BCUT2D eigenvalue weighted by atomic mass is 10.1. The molecule has 1 aliphatic rings. The molecule has 4 amide bonds. The number of benzene rings is 2. The standard InChI is InChI=1S/C24H30ClN5O4/c1-15(2)26-13-22(32)29(3)19-10-8-17(9-11-19)27-23(33)21-12-20(31)14-30(21)24(34)28-18-6-4-16(25)5-7-18/h4-11,15,20-21,26,31H,12-14H2,1-3H3,(H,27,33)(H,28,34)/t20-,21-/m1/s1. The highest BCUT2D eigenvalue weighted by Gasteiger charge is 2.39. The molecule has 0 aromatic heterocycles. The van der Waals surface area contributed by atoms with E-state index in [-0.39, 0.29) is 31.5 Å². The molecule has 0 aliphatic carbocycles. The van der Waals surface area contributed by atoms with Crippen molar-refractivity contribution in [3.8, 4) is 0 Å². The maximum atomic E-state index is 12.9. The van der Waals surface area contributed by atoms with Crippen LogP contribution in [0.2, 0.25) is 5.02 Å². The molecule has 1 fully saturated rings. The minimum atomic E-state index is -0.826. The molecule has 9 nitrogen and oxygen atoms in total.